The van der Waals surface area contributed by atoms with Gasteiger partial charge in [-0.05, 0) is 38.3 Å². The molecular formula is C22H33ClN4O2. The van der Waals surface area contributed by atoms with Crippen LogP contribution in [-0.4, -0.2) is 55.6 Å². The second-order valence-electron chi connectivity index (χ2n) is 8.06. The first-order valence-electron chi connectivity index (χ1n) is 10.7. The van der Waals surface area contributed by atoms with E-state index in [0.717, 1.165) is 38.3 Å². The van der Waals surface area contributed by atoms with E-state index in [0.29, 0.717) is 23.2 Å². The van der Waals surface area contributed by atoms with Crippen molar-refractivity contribution < 1.29 is 9.53 Å². The number of aliphatic imine (C=N–C) groups is 1. The fourth-order valence-electron chi connectivity index (χ4n) is 4.11. The number of nitrogens with one attached hydrogen (secondary N) is 2. The highest BCUT2D eigenvalue weighted by Crippen LogP contribution is 2.27. The van der Waals surface area contributed by atoms with Gasteiger partial charge in [0, 0.05) is 32.1 Å². The minimum Gasteiger partial charge on any atom is -0.487 e. The summed E-state index contributed by atoms with van der Waals surface area (Å²) in [5, 5.41) is 7.36. The molecule has 1 aliphatic carbocycles. The van der Waals surface area contributed by atoms with E-state index in [2.05, 4.69) is 15.6 Å². The summed E-state index contributed by atoms with van der Waals surface area (Å²) >= 11 is 6.15. The van der Waals surface area contributed by atoms with Crippen molar-refractivity contribution in [3.63, 3.8) is 0 Å². The Morgan fingerprint density at radius 2 is 2.03 bits per heavy atom. The highest BCUT2D eigenvalue weighted by molar-refractivity contribution is 6.32. The van der Waals surface area contributed by atoms with E-state index in [4.69, 9.17) is 16.3 Å². The minimum atomic E-state index is -0.0681. The van der Waals surface area contributed by atoms with Crippen LogP contribution in [0.3, 0.4) is 0 Å². The highest BCUT2D eigenvalue weighted by Gasteiger charge is 2.31. The van der Waals surface area contributed by atoms with Crippen LogP contribution in [0.25, 0.3) is 0 Å². The number of benzene rings is 1. The Bertz CT molecular complexity index is 706. The molecule has 1 saturated heterocycles. The van der Waals surface area contributed by atoms with Gasteiger partial charge in [-0.15, -0.1) is 0 Å². The van der Waals surface area contributed by atoms with Crippen molar-refractivity contribution in [3.05, 3.63) is 29.3 Å². The van der Waals surface area contributed by atoms with Gasteiger partial charge >= 0.3 is 0 Å². The quantitative estimate of drug-likeness (QED) is 0.546. The van der Waals surface area contributed by atoms with E-state index in [1.807, 2.05) is 36.1 Å². The lowest BCUT2D eigenvalue weighted by Crippen LogP contribution is -2.47. The summed E-state index contributed by atoms with van der Waals surface area (Å²) in [6.07, 6.45) is 6.65. The summed E-state index contributed by atoms with van der Waals surface area (Å²) in [5.74, 6) is 2.00. The molecule has 7 heteroatoms. The lowest BCUT2D eigenvalue weighted by atomic mass is 9.88. The molecule has 1 aromatic rings. The van der Waals surface area contributed by atoms with E-state index in [1.165, 1.54) is 19.3 Å². The zero-order valence-electron chi connectivity index (χ0n) is 17.5. The molecule has 0 radical (unpaired) electrons. The van der Waals surface area contributed by atoms with Crippen molar-refractivity contribution in [2.45, 2.75) is 57.6 Å². The monoisotopic (exact) mass is 420 g/mol. The van der Waals surface area contributed by atoms with Gasteiger partial charge < -0.3 is 20.3 Å². The third kappa shape index (κ3) is 6.26. The first kappa shape index (κ1) is 21.8. The van der Waals surface area contributed by atoms with Gasteiger partial charge in [0.1, 0.15) is 11.9 Å². The van der Waals surface area contributed by atoms with Crippen LogP contribution in [0.5, 0.6) is 5.75 Å². The normalized spacial score (nSPS) is 21.7. The number of amides is 1. The first-order chi connectivity index (χ1) is 14.1. The Morgan fingerprint density at radius 1 is 1.28 bits per heavy atom. The Kier molecular flexibility index (Phi) is 8.04. The smallest absolute Gasteiger partial charge is 0.225 e. The second-order valence-corrected chi connectivity index (χ2v) is 8.47. The molecule has 2 fully saturated rings. The summed E-state index contributed by atoms with van der Waals surface area (Å²) in [6, 6.07) is 7.70. The molecule has 1 heterocycles. The van der Waals surface area contributed by atoms with Crippen LogP contribution in [0, 0.1) is 5.92 Å². The van der Waals surface area contributed by atoms with Gasteiger partial charge in [0.2, 0.25) is 5.91 Å². The zero-order chi connectivity index (χ0) is 20.6. The summed E-state index contributed by atoms with van der Waals surface area (Å²) in [4.78, 5) is 19.1. The average molecular weight is 421 g/mol. The SMILES string of the molecule is CN=C(NCC(C)Oc1ccccc1Cl)NC1CCN(C(=O)C2CCCCC2)C1. The summed E-state index contributed by atoms with van der Waals surface area (Å²) in [7, 11) is 1.76. The molecule has 2 unspecified atom stereocenters. The third-order valence-corrected chi connectivity index (χ3v) is 6.05. The van der Waals surface area contributed by atoms with Crippen LogP contribution < -0.4 is 15.4 Å². The first-order valence-corrected chi connectivity index (χ1v) is 11.1. The average Bonchev–Trinajstić information content (AvgIpc) is 3.21. The number of halogens is 1. The van der Waals surface area contributed by atoms with E-state index in [9.17, 15) is 4.79 Å². The fourth-order valence-corrected chi connectivity index (χ4v) is 4.29. The van der Waals surface area contributed by atoms with Crippen LogP contribution in [0.15, 0.2) is 29.3 Å². The van der Waals surface area contributed by atoms with Gasteiger partial charge in [0.05, 0.1) is 11.6 Å². The van der Waals surface area contributed by atoms with Gasteiger partial charge in [-0.2, -0.15) is 0 Å². The van der Waals surface area contributed by atoms with Crippen molar-refractivity contribution in [1.82, 2.24) is 15.5 Å². The molecule has 2 atom stereocenters. The molecule has 6 nitrogen and oxygen atoms in total. The molecule has 1 aliphatic heterocycles. The molecular weight excluding hydrogens is 388 g/mol. The largest absolute Gasteiger partial charge is 0.487 e. The highest BCUT2D eigenvalue weighted by atomic mass is 35.5. The Balaban J connectivity index is 1.42. The molecule has 3 rings (SSSR count). The Morgan fingerprint density at radius 3 is 2.76 bits per heavy atom. The number of hydrogen-bond donors (Lipinski definition) is 2. The van der Waals surface area contributed by atoms with Crippen LogP contribution in [0.2, 0.25) is 5.02 Å². The molecule has 2 N–H and O–H groups in total. The van der Waals surface area contributed by atoms with Crippen LogP contribution in [0.1, 0.15) is 45.4 Å². The number of ether oxygens (including phenoxy) is 1. The van der Waals surface area contributed by atoms with Crippen molar-refractivity contribution in [1.29, 1.82) is 0 Å². The van der Waals surface area contributed by atoms with Gasteiger partial charge in [0.15, 0.2) is 5.96 Å². The number of carbonyl (C=O) groups excluding carboxylic acids is 1. The maximum Gasteiger partial charge on any atom is 0.225 e. The summed E-state index contributed by atoms with van der Waals surface area (Å²) in [5.41, 5.74) is 0. The zero-order valence-corrected chi connectivity index (χ0v) is 18.3. The number of hydrogen-bond acceptors (Lipinski definition) is 3. The topological polar surface area (TPSA) is 66.0 Å². The molecule has 2 aliphatic rings. The predicted molar refractivity (Wildman–Crippen MR) is 118 cm³/mol. The van der Waals surface area contributed by atoms with Crippen LogP contribution in [0.4, 0.5) is 0 Å². The minimum absolute atomic E-state index is 0.0681. The van der Waals surface area contributed by atoms with Crippen LogP contribution >= 0.6 is 11.6 Å². The second kappa shape index (κ2) is 10.7. The van der Waals surface area contributed by atoms with Crippen molar-refractivity contribution in [2.24, 2.45) is 10.9 Å². The van der Waals surface area contributed by atoms with Crippen molar-refractivity contribution in [3.8, 4) is 5.75 Å². The number of para-hydroxylation sites is 1. The number of nitrogens with zero attached hydrogens (tertiary/aromatic N) is 2. The standard InChI is InChI=1S/C22H33ClN4O2/c1-16(29-20-11-7-6-10-19(20)23)14-25-22(24-2)26-18-12-13-27(15-18)21(28)17-8-4-3-5-9-17/h6-7,10-11,16-18H,3-5,8-9,12-15H2,1-2H3,(H2,24,25,26). The van der Waals surface area contributed by atoms with E-state index >= 15 is 0 Å². The van der Waals surface area contributed by atoms with E-state index in [-0.39, 0.29) is 18.1 Å². The lowest BCUT2D eigenvalue weighted by Gasteiger charge is -2.26. The number of rotatable bonds is 6. The molecule has 29 heavy (non-hydrogen) atoms. The molecule has 1 aromatic carbocycles. The maximum absolute atomic E-state index is 12.7. The van der Waals surface area contributed by atoms with Gasteiger partial charge in [0.25, 0.3) is 0 Å². The van der Waals surface area contributed by atoms with Crippen molar-refractivity contribution >= 4 is 23.5 Å². The van der Waals surface area contributed by atoms with Gasteiger partial charge in [-0.1, -0.05) is 43.0 Å². The number of carbonyl (C=O) groups is 1. The molecule has 160 valence electrons. The van der Waals surface area contributed by atoms with E-state index < -0.39 is 0 Å². The van der Waals surface area contributed by atoms with Crippen LogP contribution in [-0.2, 0) is 4.79 Å². The van der Waals surface area contributed by atoms with Crippen molar-refractivity contribution in [2.75, 3.05) is 26.7 Å². The fraction of sp³-hybridized carbons (Fsp3) is 0.636. The molecule has 0 bridgehead atoms. The lowest BCUT2D eigenvalue weighted by molar-refractivity contribution is -0.135. The van der Waals surface area contributed by atoms with E-state index in [1.54, 1.807) is 7.05 Å². The molecule has 1 amide bonds. The van der Waals surface area contributed by atoms with Gasteiger partial charge in [-0.25, -0.2) is 0 Å². The van der Waals surface area contributed by atoms with Gasteiger partial charge in [-0.3, -0.25) is 9.79 Å². The summed E-state index contributed by atoms with van der Waals surface area (Å²) in [6.45, 7) is 4.17. The maximum atomic E-state index is 12.7. The number of likely N-dealkylation sites (tertiary alicyclic amines) is 1. The molecule has 0 spiro atoms. The Labute approximate surface area is 179 Å². The number of guanidine groups is 1. The summed E-state index contributed by atoms with van der Waals surface area (Å²) < 4.78 is 5.90. The Hall–Kier alpha value is -1.95. The molecule has 1 saturated carbocycles. The predicted octanol–water partition coefficient (Wildman–Crippen LogP) is 3.45. The molecule has 0 aromatic heterocycles. The third-order valence-electron chi connectivity index (χ3n) is 5.74.